The molecule has 82 valence electrons. The zero-order valence-electron chi connectivity index (χ0n) is 9.08. The Morgan fingerprint density at radius 3 is 2.87 bits per heavy atom. The van der Waals surface area contributed by atoms with Crippen molar-refractivity contribution in [2.45, 2.75) is 44.9 Å². The van der Waals surface area contributed by atoms with Crippen molar-refractivity contribution in [1.82, 2.24) is 0 Å². The summed E-state index contributed by atoms with van der Waals surface area (Å²) in [5, 5.41) is 0. The molecule has 0 spiro atoms. The minimum atomic E-state index is -0.0208. The molecule has 0 aromatic rings. The van der Waals surface area contributed by atoms with Crippen molar-refractivity contribution in [1.29, 1.82) is 0 Å². The lowest BCUT2D eigenvalue weighted by atomic mass is 9.94. The Morgan fingerprint density at radius 1 is 1.27 bits per heavy atom. The van der Waals surface area contributed by atoms with Gasteiger partial charge in [0.1, 0.15) is 5.76 Å². The van der Waals surface area contributed by atoms with E-state index >= 15 is 0 Å². The molecule has 0 radical (unpaired) electrons. The van der Waals surface area contributed by atoms with Gasteiger partial charge in [0.25, 0.3) is 0 Å². The van der Waals surface area contributed by atoms with Crippen molar-refractivity contribution in [3.8, 4) is 0 Å². The number of ether oxygens (including phenoxy) is 1. The first kappa shape index (κ1) is 10.5. The molecular weight excluding hydrogens is 188 g/mol. The molecule has 2 heteroatoms. The summed E-state index contributed by atoms with van der Waals surface area (Å²) in [6, 6.07) is 0. The molecule has 0 aliphatic heterocycles. The van der Waals surface area contributed by atoms with Gasteiger partial charge in [-0.25, -0.2) is 0 Å². The van der Waals surface area contributed by atoms with E-state index in [9.17, 15) is 4.79 Å². The van der Waals surface area contributed by atoms with E-state index in [1.807, 2.05) is 0 Å². The van der Waals surface area contributed by atoms with Crippen molar-refractivity contribution in [3.63, 3.8) is 0 Å². The molecular formula is C13H18O2. The van der Waals surface area contributed by atoms with Gasteiger partial charge in [-0.2, -0.15) is 0 Å². The first-order chi connectivity index (χ1) is 7.36. The second-order valence-corrected chi connectivity index (χ2v) is 4.32. The Balaban J connectivity index is 1.85. The molecule has 0 fully saturated rings. The van der Waals surface area contributed by atoms with Gasteiger partial charge in [-0.05, 0) is 44.6 Å². The molecule has 2 nitrogen and oxygen atoms in total. The van der Waals surface area contributed by atoms with Crippen molar-refractivity contribution in [2.24, 2.45) is 5.92 Å². The number of allylic oxidation sites excluding steroid dienone is 4. The Labute approximate surface area is 91.0 Å². The summed E-state index contributed by atoms with van der Waals surface area (Å²) in [5.74, 6) is 0.978. The maximum atomic E-state index is 11.8. The van der Waals surface area contributed by atoms with Gasteiger partial charge in [0.15, 0.2) is 0 Å². The fourth-order valence-corrected chi connectivity index (χ4v) is 2.12. The molecule has 0 saturated carbocycles. The zero-order chi connectivity index (χ0) is 10.5. The fourth-order valence-electron chi connectivity index (χ4n) is 2.12. The van der Waals surface area contributed by atoms with Gasteiger partial charge < -0.3 is 4.74 Å². The monoisotopic (exact) mass is 206 g/mol. The standard InChI is InChI=1S/C13H18O2/c14-13(11-7-3-1-4-8-11)15-12-9-5-2-6-10-12/h1,3,9,11H,2,4-8,10H2/t11-/m0/s1. The summed E-state index contributed by atoms with van der Waals surface area (Å²) in [6.45, 7) is 0. The molecule has 15 heavy (non-hydrogen) atoms. The predicted molar refractivity (Wildman–Crippen MR) is 59.1 cm³/mol. The highest BCUT2D eigenvalue weighted by molar-refractivity contribution is 5.74. The quantitative estimate of drug-likeness (QED) is 0.511. The molecule has 0 saturated heterocycles. The number of rotatable bonds is 2. The van der Waals surface area contributed by atoms with Crippen molar-refractivity contribution >= 4 is 5.97 Å². The van der Waals surface area contributed by atoms with Crippen LogP contribution in [0.25, 0.3) is 0 Å². The maximum Gasteiger partial charge on any atom is 0.314 e. The first-order valence-corrected chi connectivity index (χ1v) is 5.92. The predicted octanol–water partition coefficient (Wildman–Crippen LogP) is 3.34. The number of hydrogen-bond donors (Lipinski definition) is 0. The van der Waals surface area contributed by atoms with E-state index in [0.29, 0.717) is 0 Å². The minimum absolute atomic E-state index is 0.0208. The molecule has 0 heterocycles. The summed E-state index contributed by atoms with van der Waals surface area (Å²) in [6.07, 6.45) is 13.5. The van der Waals surface area contributed by atoms with Crippen LogP contribution in [0.2, 0.25) is 0 Å². The van der Waals surface area contributed by atoms with Gasteiger partial charge in [0, 0.05) is 6.42 Å². The lowest BCUT2D eigenvalue weighted by molar-refractivity contribution is -0.144. The first-order valence-electron chi connectivity index (χ1n) is 5.92. The molecule has 0 bridgehead atoms. The van der Waals surface area contributed by atoms with Crippen LogP contribution in [-0.4, -0.2) is 5.97 Å². The Hall–Kier alpha value is -1.05. The largest absolute Gasteiger partial charge is 0.431 e. The topological polar surface area (TPSA) is 26.3 Å². The number of carbonyl (C=O) groups is 1. The van der Waals surface area contributed by atoms with E-state index in [2.05, 4.69) is 18.2 Å². The van der Waals surface area contributed by atoms with Gasteiger partial charge in [-0.3, -0.25) is 4.79 Å². The normalized spacial score (nSPS) is 25.9. The van der Waals surface area contributed by atoms with Crippen molar-refractivity contribution in [3.05, 3.63) is 24.0 Å². The second-order valence-electron chi connectivity index (χ2n) is 4.32. The van der Waals surface area contributed by atoms with E-state index in [1.54, 1.807) is 0 Å². The number of esters is 1. The Bertz CT molecular complexity index is 289. The highest BCUT2D eigenvalue weighted by atomic mass is 16.5. The van der Waals surface area contributed by atoms with Gasteiger partial charge >= 0.3 is 5.97 Å². The van der Waals surface area contributed by atoms with Gasteiger partial charge in [0.05, 0.1) is 5.92 Å². The smallest absolute Gasteiger partial charge is 0.314 e. The highest BCUT2D eigenvalue weighted by Crippen LogP contribution is 2.24. The average molecular weight is 206 g/mol. The van der Waals surface area contributed by atoms with E-state index < -0.39 is 0 Å². The molecule has 0 amide bonds. The van der Waals surface area contributed by atoms with E-state index in [-0.39, 0.29) is 11.9 Å². The molecule has 2 aliphatic rings. The van der Waals surface area contributed by atoms with Crippen LogP contribution >= 0.6 is 0 Å². The van der Waals surface area contributed by atoms with Crippen LogP contribution < -0.4 is 0 Å². The second kappa shape index (κ2) is 5.15. The van der Waals surface area contributed by atoms with Crippen LogP contribution in [0.5, 0.6) is 0 Å². The molecule has 0 unspecified atom stereocenters. The van der Waals surface area contributed by atoms with Crippen LogP contribution in [0.15, 0.2) is 24.0 Å². The molecule has 2 rings (SSSR count). The third-order valence-corrected chi connectivity index (χ3v) is 3.08. The van der Waals surface area contributed by atoms with E-state index in [4.69, 9.17) is 4.74 Å². The van der Waals surface area contributed by atoms with Crippen LogP contribution in [0.3, 0.4) is 0 Å². The Kier molecular flexibility index (Phi) is 3.59. The number of carbonyl (C=O) groups excluding carboxylic acids is 1. The molecule has 1 atom stereocenters. The zero-order valence-corrected chi connectivity index (χ0v) is 9.08. The molecule has 2 aliphatic carbocycles. The fraction of sp³-hybridized carbons (Fsp3) is 0.615. The lowest BCUT2D eigenvalue weighted by Gasteiger charge is -2.19. The van der Waals surface area contributed by atoms with Gasteiger partial charge in [0.2, 0.25) is 0 Å². The van der Waals surface area contributed by atoms with Crippen LogP contribution in [-0.2, 0) is 9.53 Å². The summed E-state index contributed by atoms with van der Waals surface area (Å²) in [5.41, 5.74) is 0. The molecule has 0 aromatic heterocycles. The van der Waals surface area contributed by atoms with Crippen LogP contribution in [0.4, 0.5) is 0 Å². The highest BCUT2D eigenvalue weighted by Gasteiger charge is 2.21. The average Bonchev–Trinajstić information content (AvgIpc) is 2.31. The number of hydrogen-bond acceptors (Lipinski definition) is 2. The maximum absolute atomic E-state index is 11.8. The van der Waals surface area contributed by atoms with Crippen molar-refractivity contribution < 1.29 is 9.53 Å². The van der Waals surface area contributed by atoms with E-state index in [1.165, 1.54) is 6.42 Å². The van der Waals surface area contributed by atoms with Gasteiger partial charge in [-0.15, -0.1) is 0 Å². The molecule has 0 aromatic carbocycles. The summed E-state index contributed by atoms with van der Waals surface area (Å²) >= 11 is 0. The van der Waals surface area contributed by atoms with Crippen LogP contribution in [0, 0.1) is 5.92 Å². The minimum Gasteiger partial charge on any atom is -0.431 e. The Morgan fingerprint density at radius 2 is 2.20 bits per heavy atom. The summed E-state index contributed by atoms with van der Waals surface area (Å²) in [7, 11) is 0. The SMILES string of the molecule is O=C(OC1=CCCCC1)[C@H]1CC=CCC1. The third kappa shape index (κ3) is 2.95. The summed E-state index contributed by atoms with van der Waals surface area (Å²) < 4.78 is 5.42. The molecule has 0 N–H and O–H groups in total. The van der Waals surface area contributed by atoms with Gasteiger partial charge in [-0.1, -0.05) is 12.2 Å². The van der Waals surface area contributed by atoms with Crippen LogP contribution in [0.1, 0.15) is 44.9 Å². The third-order valence-electron chi connectivity index (χ3n) is 3.08. The van der Waals surface area contributed by atoms with E-state index in [0.717, 1.165) is 44.3 Å². The lowest BCUT2D eigenvalue weighted by Crippen LogP contribution is -2.19. The summed E-state index contributed by atoms with van der Waals surface area (Å²) in [4.78, 5) is 11.8. The van der Waals surface area contributed by atoms with Crippen molar-refractivity contribution in [2.75, 3.05) is 0 Å².